The van der Waals surface area contributed by atoms with Crippen LogP contribution in [0.15, 0.2) is 53.4 Å². The van der Waals surface area contributed by atoms with Crippen molar-refractivity contribution in [2.75, 3.05) is 18.4 Å². The highest BCUT2D eigenvalue weighted by Crippen LogP contribution is 2.25. The summed E-state index contributed by atoms with van der Waals surface area (Å²) < 4.78 is 39.6. The third kappa shape index (κ3) is 4.54. The van der Waals surface area contributed by atoms with Gasteiger partial charge in [0, 0.05) is 24.7 Å². The monoisotopic (exact) mass is 390 g/mol. The average Bonchev–Trinajstić information content (AvgIpc) is 2.69. The van der Waals surface area contributed by atoms with Crippen LogP contribution in [0.3, 0.4) is 0 Å². The topological polar surface area (TPSA) is 66.5 Å². The van der Waals surface area contributed by atoms with Gasteiger partial charge in [-0.2, -0.15) is 4.31 Å². The van der Waals surface area contributed by atoms with Crippen LogP contribution in [0, 0.1) is 11.7 Å². The molecule has 1 aliphatic rings. The van der Waals surface area contributed by atoms with E-state index in [1.165, 1.54) is 22.0 Å². The fraction of sp³-hybridized carbons (Fsp3) is 0.350. The number of rotatable bonds is 5. The summed E-state index contributed by atoms with van der Waals surface area (Å²) in [6.07, 6.45) is 1.85. The summed E-state index contributed by atoms with van der Waals surface area (Å²) >= 11 is 0. The number of hydrogen-bond donors (Lipinski definition) is 1. The molecule has 0 atom stereocenters. The molecular formula is C20H23FN2O3S. The van der Waals surface area contributed by atoms with Gasteiger partial charge in [0.05, 0.1) is 4.90 Å². The highest BCUT2D eigenvalue weighted by Gasteiger charge is 2.32. The molecule has 1 saturated heterocycles. The molecule has 1 aliphatic heterocycles. The minimum absolute atomic E-state index is 0.0721. The predicted octanol–water partition coefficient (Wildman–Crippen LogP) is 3.43. The number of piperidine rings is 1. The lowest BCUT2D eigenvalue weighted by Gasteiger charge is -2.30. The summed E-state index contributed by atoms with van der Waals surface area (Å²) in [6.45, 7) is 2.61. The molecule has 0 aliphatic carbocycles. The molecule has 1 N–H and O–H groups in total. The Morgan fingerprint density at radius 1 is 1.07 bits per heavy atom. The fourth-order valence-corrected chi connectivity index (χ4v) is 4.65. The Hall–Kier alpha value is -2.25. The van der Waals surface area contributed by atoms with Gasteiger partial charge in [0.15, 0.2) is 0 Å². The SMILES string of the molecule is CCc1ccc(NC(=O)C2CCN(S(=O)(=O)c3ccc(F)cc3)CC2)cc1. The molecule has 0 bridgehead atoms. The molecule has 5 nitrogen and oxygen atoms in total. The molecule has 27 heavy (non-hydrogen) atoms. The molecule has 3 rings (SSSR count). The van der Waals surface area contributed by atoms with Crippen molar-refractivity contribution in [3.05, 3.63) is 59.9 Å². The largest absolute Gasteiger partial charge is 0.326 e. The zero-order valence-electron chi connectivity index (χ0n) is 15.2. The van der Waals surface area contributed by atoms with Gasteiger partial charge in [0.1, 0.15) is 5.82 Å². The Bertz CT molecular complexity index is 888. The van der Waals surface area contributed by atoms with Gasteiger partial charge < -0.3 is 5.32 Å². The summed E-state index contributed by atoms with van der Waals surface area (Å²) in [5, 5.41) is 2.91. The van der Waals surface area contributed by atoms with Crippen LogP contribution in [0.5, 0.6) is 0 Å². The van der Waals surface area contributed by atoms with Crippen LogP contribution in [-0.4, -0.2) is 31.7 Å². The van der Waals surface area contributed by atoms with Gasteiger partial charge in [-0.05, 0) is 61.2 Å². The minimum Gasteiger partial charge on any atom is -0.326 e. The van der Waals surface area contributed by atoms with Crippen molar-refractivity contribution in [2.45, 2.75) is 31.1 Å². The molecule has 0 radical (unpaired) electrons. The predicted molar refractivity (Wildman–Crippen MR) is 102 cm³/mol. The lowest BCUT2D eigenvalue weighted by atomic mass is 9.97. The van der Waals surface area contributed by atoms with Crippen LogP contribution < -0.4 is 5.32 Å². The van der Waals surface area contributed by atoms with Crippen LogP contribution in [0.1, 0.15) is 25.3 Å². The lowest BCUT2D eigenvalue weighted by Crippen LogP contribution is -2.41. The molecule has 0 aromatic heterocycles. The van der Waals surface area contributed by atoms with Gasteiger partial charge in [0.2, 0.25) is 15.9 Å². The van der Waals surface area contributed by atoms with Gasteiger partial charge in [-0.25, -0.2) is 12.8 Å². The van der Waals surface area contributed by atoms with E-state index in [-0.39, 0.29) is 29.8 Å². The highest BCUT2D eigenvalue weighted by atomic mass is 32.2. The smallest absolute Gasteiger partial charge is 0.243 e. The number of halogens is 1. The van der Waals surface area contributed by atoms with Crippen molar-refractivity contribution in [3.8, 4) is 0 Å². The molecule has 2 aromatic carbocycles. The number of nitrogens with zero attached hydrogens (tertiary/aromatic N) is 1. The van der Waals surface area contributed by atoms with E-state index in [0.29, 0.717) is 12.8 Å². The summed E-state index contributed by atoms with van der Waals surface area (Å²) in [5.74, 6) is -0.787. The normalized spacial score (nSPS) is 16.2. The maximum absolute atomic E-state index is 13.0. The van der Waals surface area contributed by atoms with E-state index in [1.54, 1.807) is 0 Å². The molecule has 1 amide bonds. The van der Waals surface area contributed by atoms with Crippen LogP contribution in [0.4, 0.5) is 10.1 Å². The van der Waals surface area contributed by atoms with Gasteiger partial charge in [0.25, 0.3) is 0 Å². The Labute approximate surface area is 159 Å². The molecule has 0 saturated carbocycles. The number of carbonyl (C=O) groups is 1. The Morgan fingerprint density at radius 2 is 1.67 bits per heavy atom. The first-order valence-electron chi connectivity index (χ1n) is 9.05. The van der Waals surface area contributed by atoms with Crippen molar-refractivity contribution >= 4 is 21.6 Å². The quantitative estimate of drug-likeness (QED) is 0.851. The van der Waals surface area contributed by atoms with Gasteiger partial charge in [-0.1, -0.05) is 19.1 Å². The van der Waals surface area contributed by atoms with Gasteiger partial charge in [-0.3, -0.25) is 4.79 Å². The van der Waals surface area contributed by atoms with Crippen LogP contribution in [-0.2, 0) is 21.2 Å². The maximum atomic E-state index is 13.0. The van der Waals surface area contributed by atoms with Gasteiger partial charge >= 0.3 is 0 Å². The molecule has 0 spiro atoms. The lowest BCUT2D eigenvalue weighted by molar-refractivity contribution is -0.120. The van der Waals surface area contributed by atoms with E-state index in [2.05, 4.69) is 12.2 Å². The zero-order chi connectivity index (χ0) is 19.4. The van der Waals surface area contributed by atoms with E-state index in [4.69, 9.17) is 0 Å². The van der Waals surface area contributed by atoms with Crippen molar-refractivity contribution in [1.29, 1.82) is 0 Å². The standard InChI is InChI=1S/C20H23FN2O3S/c1-2-15-3-7-18(8-4-15)22-20(24)16-11-13-23(14-12-16)27(25,26)19-9-5-17(21)6-10-19/h3-10,16H,2,11-14H2,1H3,(H,22,24). The first-order valence-corrected chi connectivity index (χ1v) is 10.5. The Morgan fingerprint density at radius 3 is 2.22 bits per heavy atom. The summed E-state index contributed by atoms with van der Waals surface area (Å²) in [5.41, 5.74) is 1.95. The third-order valence-electron chi connectivity index (χ3n) is 4.91. The number of nitrogens with one attached hydrogen (secondary N) is 1. The van der Waals surface area contributed by atoms with E-state index in [1.807, 2.05) is 24.3 Å². The van der Waals surface area contributed by atoms with Crippen LogP contribution in [0.2, 0.25) is 0 Å². The number of sulfonamides is 1. The zero-order valence-corrected chi connectivity index (χ0v) is 16.0. The number of carbonyl (C=O) groups excluding carboxylic acids is 1. The average molecular weight is 390 g/mol. The van der Waals surface area contributed by atoms with E-state index < -0.39 is 15.8 Å². The molecule has 0 unspecified atom stereocenters. The molecular weight excluding hydrogens is 367 g/mol. The third-order valence-corrected chi connectivity index (χ3v) is 6.82. The van der Waals surface area contributed by atoms with Crippen molar-refractivity contribution < 1.29 is 17.6 Å². The Balaban J connectivity index is 1.59. The minimum atomic E-state index is -3.66. The van der Waals surface area contributed by atoms with Gasteiger partial charge in [-0.15, -0.1) is 0 Å². The second kappa shape index (κ2) is 8.19. The van der Waals surface area contributed by atoms with Crippen molar-refractivity contribution in [3.63, 3.8) is 0 Å². The molecule has 1 fully saturated rings. The highest BCUT2D eigenvalue weighted by molar-refractivity contribution is 7.89. The van der Waals surface area contributed by atoms with Crippen molar-refractivity contribution in [2.24, 2.45) is 5.92 Å². The maximum Gasteiger partial charge on any atom is 0.243 e. The fourth-order valence-electron chi connectivity index (χ4n) is 3.18. The first kappa shape index (κ1) is 19.5. The second-order valence-corrected chi connectivity index (χ2v) is 8.61. The Kier molecular flexibility index (Phi) is 5.92. The number of amides is 1. The second-order valence-electron chi connectivity index (χ2n) is 6.67. The van der Waals surface area contributed by atoms with Crippen LogP contribution in [0.25, 0.3) is 0 Å². The number of hydrogen-bond acceptors (Lipinski definition) is 3. The number of anilines is 1. The van der Waals surface area contributed by atoms with E-state index >= 15 is 0 Å². The summed E-state index contributed by atoms with van der Waals surface area (Å²) in [6, 6.07) is 12.5. The molecule has 7 heteroatoms. The molecule has 144 valence electrons. The van der Waals surface area contributed by atoms with Crippen molar-refractivity contribution in [1.82, 2.24) is 4.31 Å². The van der Waals surface area contributed by atoms with E-state index in [9.17, 15) is 17.6 Å². The molecule has 2 aromatic rings. The van der Waals surface area contributed by atoms with Crippen LogP contribution >= 0.6 is 0 Å². The number of aryl methyl sites for hydroxylation is 1. The van der Waals surface area contributed by atoms with E-state index in [0.717, 1.165) is 24.2 Å². The summed E-state index contributed by atoms with van der Waals surface area (Å²) in [4.78, 5) is 12.5. The molecule has 1 heterocycles. The summed E-state index contributed by atoms with van der Waals surface area (Å²) in [7, 11) is -3.66. The number of benzene rings is 2. The first-order chi connectivity index (χ1) is 12.9.